The average molecular weight is 303 g/mol. The normalized spacial score (nSPS) is 10.7. The summed E-state index contributed by atoms with van der Waals surface area (Å²) in [5.41, 5.74) is 1.18. The van der Waals surface area contributed by atoms with Gasteiger partial charge in [-0.15, -0.1) is 0 Å². The van der Waals surface area contributed by atoms with Crippen LogP contribution in [0.15, 0.2) is 54.7 Å². The van der Waals surface area contributed by atoms with Crippen LogP contribution in [0.4, 0.5) is 17.6 Å². The van der Waals surface area contributed by atoms with Gasteiger partial charge in [-0.2, -0.15) is 0 Å². The highest BCUT2D eigenvalue weighted by Crippen LogP contribution is 2.30. The molecule has 1 aromatic heterocycles. The summed E-state index contributed by atoms with van der Waals surface area (Å²) in [7, 11) is 0. The van der Waals surface area contributed by atoms with Gasteiger partial charge < -0.3 is 0 Å². The summed E-state index contributed by atoms with van der Waals surface area (Å²) < 4.78 is 53.6. The Bertz CT molecular complexity index is 832. The van der Waals surface area contributed by atoms with Crippen LogP contribution in [0, 0.1) is 23.3 Å². The van der Waals surface area contributed by atoms with Gasteiger partial charge >= 0.3 is 0 Å². The molecule has 110 valence electrons. The van der Waals surface area contributed by atoms with Crippen LogP contribution in [-0.2, 0) is 0 Å². The van der Waals surface area contributed by atoms with Gasteiger partial charge in [-0.25, -0.2) is 17.6 Å². The fourth-order valence-corrected chi connectivity index (χ4v) is 2.16. The fraction of sp³-hybridized carbons (Fsp3) is 0. The van der Waals surface area contributed by atoms with Gasteiger partial charge in [-0.05, 0) is 29.8 Å². The van der Waals surface area contributed by atoms with Crippen molar-refractivity contribution in [2.75, 3.05) is 0 Å². The molecule has 0 saturated carbocycles. The first-order valence-electron chi connectivity index (χ1n) is 6.43. The monoisotopic (exact) mass is 303 g/mol. The first-order chi connectivity index (χ1) is 10.6. The number of halogens is 4. The maximum atomic E-state index is 13.9. The molecule has 0 aliphatic carbocycles. The minimum atomic E-state index is -1.82. The summed E-state index contributed by atoms with van der Waals surface area (Å²) in [6, 6.07) is 12.3. The Balaban J connectivity index is 2.15. The lowest BCUT2D eigenvalue weighted by Gasteiger charge is -2.08. The predicted octanol–water partition coefficient (Wildman–Crippen LogP) is 4.97. The van der Waals surface area contributed by atoms with Crippen molar-refractivity contribution in [3.05, 3.63) is 78.0 Å². The molecule has 0 unspecified atom stereocenters. The molecule has 0 bridgehead atoms. The summed E-state index contributed by atoms with van der Waals surface area (Å²) in [5.74, 6) is -6.49. The van der Waals surface area contributed by atoms with Crippen LogP contribution in [0.1, 0.15) is 0 Å². The molecule has 22 heavy (non-hydrogen) atoms. The smallest absolute Gasteiger partial charge is 0.198 e. The Morgan fingerprint density at radius 1 is 0.682 bits per heavy atom. The second-order valence-electron chi connectivity index (χ2n) is 4.64. The number of nitrogens with zero attached hydrogens (tertiary/aromatic N) is 1. The molecule has 0 aliphatic heterocycles. The molecule has 0 aliphatic rings. The highest BCUT2D eigenvalue weighted by Gasteiger charge is 2.19. The largest absolute Gasteiger partial charge is 0.256 e. The van der Waals surface area contributed by atoms with E-state index in [2.05, 4.69) is 4.98 Å². The fourth-order valence-electron chi connectivity index (χ4n) is 2.16. The summed E-state index contributed by atoms with van der Waals surface area (Å²) >= 11 is 0. The molecule has 0 fully saturated rings. The van der Waals surface area contributed by atoms with Crippen molar-refractivity contribution in [1.29, 1.82) is 0 Å². The number of hydrogen-bond acceptors (Lipinski definition) is 1. The molecule has 0 radical (unpaired) electrons. The van der Waals surface area contributed by atoms with Crippen LogP contribution < -0.4 is 0 Å². The predicted molar refractivity (Wildman–Crippen MR) is 74.9 cm³/mol. The Kier molecular flexibility index (Phi) is 3.63. The summed E-state index contributed by atoms with van der Waals surface area (Å²) in [6.07, 6.45) is 1.60. The zero-order chi connectivity index (χ0) is 15.7. The maximum Gasteiger partial charge on any atom is 0.198 e. The average Bonchev–Trinajstić information content (AvgIpc) is 2.57. The number of hydrogen-bond donors (Lipinski definition) is 0. The second kappa shape index (κ2) is 5.60. The van der Waals surface area contributed by atoms with Gasteiger partial charge in [0.1, 0.15) is 0 Å². The van der Waals surface area contributed by atoms with Crippen LogP contribution in [0.3, 0.4) is 0 Å². The minimum absolute atomic E-state index is 0.235. The number of rotatable bonds is 2. The van der Waals surface area contributed by atoms with Crippen LogP contribution in [-0.4, -0.2) is 4.98 Å². The molecule has 3 aromatic rings. The molecule has 2 aromatic carbocycles. The highest BCUT2D eigenvalue weighted by molar-refractivity contribution is 5.71. The maximum absolute atomic E-state index is 13.9. The van der Waals surface area contributed by atoms with E-state index in [9.17, 15) is 17.6 Å². The molecule has 0 amide bonds. The molecule has 0 N–H and O–H groups in total. The topological polar surface area (TPSA) is 12.9 Å². The van der Waals surface area contributed by atoms with Crippen molar-refractivity contribution in [3.63, 3.8) is 0 Å². The van der Waals surface area contributed by atoms with Crippen LogP contribution in [0.2, 0.25) is 0 Å². The molecular weight excluding hydrogens is 294 g/mol. The molecule has 3 rings (SSSR count). The molecule has 0 atom stereocenters. The third kappa shape index (κ3) is 2.45. The molecule has 0 saturated heterocycles. The van der Waals surface area contributed by atoms with Gasteiger partial charge in [0.2, 0.25) is 0 Å². The number of benzene rings is 2. The lowest BCUT2D eigenvalue weighted by molar-refractivity contribution is 0.411. The van der Waals surface area contributed by atoms with Gasteiger partial charge in [0.15, 0.2) is 23.3 Å². The zero-order valence-electron chi connectivity index (χ0n) is 11.2. The SMILES string of the molecule is Fc1cc(-c2cccc(-c3ccccn3)c2)c(F)c(F)c1F. The van der Waals surface area contributed by atoms with Crippen molar-refractivity contribution in [2.45, 2.75) is 0 Å². The molecular formula is C17H9F4N. The van der Waals surface area contributed by atoms with E-state index in [1.807, 2.05) is 0 Å². The van der Waals surface area contributed by atoms with Crippen molar-refractivity contribution >= 4 is 0 Å². The Morgan fingerprint density at radius 2 is 1.45 bits per heavy atom. The van der Waals surface area contributed by atoms with Gasteiger partial charge in [0.25, 0.3) is 0 Å². The van der Waals surface area contributed by atoms with Gasteiger partial charge in [-0.1, -0.05) is 24.3 Å². The van der Waals surface area contributed by atoms with E-state index in [1.165, 1.54) is 12.1 Å². The van der Waals surface area contributed by atoms with Gasteiger partial charge in [0, 0.05) is 17.3 Å². The van der Waals surface area contributed by atoms with Gasteiger partial charge in [0.05, 0.1) is 5.69 Å². The van der Waals surface area contributed by atoms with Gasteiger partial charge in [-0.3, -0.25) is 4.98 Å². The van der Waals surface area contributed by atoms with E-state index in [-0.39, 0.29) is 11.1 Å². The van der Waals surface area contributed by atoms with E-state index in [0.29, 0.717) is 17.3 Å². The van der Waals surface area contributed by atoms with Crippen LogP contribution >= 0.6 is 0 Å². The standard InChI is InChI=1S/C17H9F4N/c18-13-9-12(15(19)17(21)16(13)20)10-4-3-5-11(8-10)14-6-1-2-7-22-14/h1-9H. The van der Waals surface area contributed by atoms with E-state index < -0.39 is 23.3 Å². The van der Waals surface area contributed by atoms with E-state index in [0.717, 1.165) is 0 Å². The van der Waals surface area contributed by atoms with E-state index in [4.69, 9.17) is 0 Å². The quantitative estimate of drug-likeness (QED) is 0.370. The first kappa shape index (κ1) is 14.3. The van der Waals surface area contributed by atoms with Crippen molar-refractivity contribution in [2.24, 2.45) is 0 Å². The van der Waals surface area contributed by atoms with E-state index >= 15 is 0 Å². The summed E-state index contributed by atoms with van der Waals surface area (Å²) in [5, 5.41) is 0. The third-order valence-corrected chi connectivity index (χ3v) is 3.24. The van der Waals surface area contributed by atoms with Crippen LogP contribution in [0.5, 0.6) is 0 Å². The second-order valence-corrected chi connectivity index (χ2v) is 4.64. The molecule has 1 heterocycles. The lowest BCUT2D eigenvalue weighted by Crippen LogP contribution is -1.98. The third-order valence-electron chi connectivity index (χ3n) is 3.24. The highest BCUT2D eigenvalue weighted by atomic mass is 19.2. The molecule has 1 nitrogen and oxygen atoms in total. The first-order valence-corrected chi connectivity index (χ1v) is 6.43. The molecule has 5 heteroatoms. The van der Waals surface area contributed by atoms with Crippen LogP contribution in [0.25, 0.3) is 22.4 Å². The Labute approximate surface area is 123 Å². The summed E-state index contributed by atoms with van der Waals surface area (Å²) in [4.78, 5) is 4.15. The lowest BCUT2D eigenvalue weighted by atomic mass is 10.0. The van der Waals surface area contributed by atoms with Crippen molar-refractivity contribution in [3.8, 4) is 22.4 Å². The van der Waals surface area contributed by atoms with Crippen molar-refractivity contribution in [1.82, 2.24) is 4.98 Å². The number of aromatic nitrogens is 1. The van der Waals surface area contributed by atoms with E-state index in [1.54, 1.807) is 36.5 Å². The Morgan fingerprint density at radius 3 is 2.18 bits per heavy atom. The number of pyridine rings is 1. The summed E-state index contributed by atoms with van der Waals surface area (Å²) in [6.45, 7) is 0. The van der Waals surface area contributed by atoms with Crippen molar-refractivity contribution < 1.29 is 17.6 Å². The molecule has 0 spiro atoms. The minimum Gasteiger partial charge on any atom is -0.256 e. The Hall–Kier alpha value is -2.69. The zero-order valence-corrected chi connectivity index (χ0v) is 11.2.